The number of nitrogens with zero attached hydrogens (tertiary/aromatic N) is 1. The van der Waals surface area contributed by atoms with E-state index in [-0.39, 0.29) is 12.5 Å². The second-order valence-corrected chi connectivity index (χ2v) is 10.8. The van der Waals surface area contributed by atoms with Gasteiger partial charge in [-0.25, -0.2) is 13.1 Å². The van der Waals surface area contributed by atoms with Gasteiger partial charge in [0.2, 0.25) is 10.0 Å². The second-order valence-electron chi connectivity index (χ2n) is 9.05. The van der Waals surface area contributed by atoms with Crippen LogP contribution < -0.4 is 9.46 Å². The molecule has 2 aromatic rings. The largest absolute Gasteiger partial charge is 0.490 e. The maximum atomic E-state index is 12.6. The van der Waals surface area contributed by atoms with Gasteiger partial charge in [-0.15, -0.1) is 0 Å². The Morgan fingerprint density at radius 3 is 2.50 bits per heavy atom. The zero-order valence-electron chi connectivity index (χ0n) is 19.6. The van der Waals surface area contributed by atoms with E-state index >= 15 is 0 Å². The van der Waals surface area contributed by atoms with Crippen molar-refractivity contribution in [3.05, 3.63) is 58.7 Å². The SMILES string of the molecule is Cc1ccc(S(=O)(=O)NCC2CCCN(CC(O)COc3c(C)ccc(C)c3C)C2)cc1. The predicted molar refractivity (Wildman–Crippen MR) is 128 cm³/mol. The van der Waals surface area contributed by atoms with Crippen LogP contribution in [-0.4, -0.2) is 57.3 Å². The number of nitrogens with one attached hydrogen (secondary N) is 1. The van der Waals surface area contributed by atoms with Crippen LogP contribution in [0.25, 0.3) is 0 Å². The Morgan fingerprint density at radius 1 is 1.09 bits per heavy atom. The molecule has 0 saturated carbocycles. The molecule has 1 fully saturated rings. The maximum Gasteiger partial charge on any atom is 0.240 e. The van der Waals surface area contributed by atoms with E-state index in [2.05, 4.69) is 22.6 Å². The van der Waals surface area contributed by atoms with Crippen molar-refractivity contribution in [3.63, 3.8) is 0 Å². The molecule has 0 bridgehead atoms. The van der Waals surface area contributed by atoms with Crippen LogP contribution in [0, 0.1) is 33.6 Å². The van der Waals surface area contributed by atoms with Crippen molar-refractivity contribution in [1.29, 1.82) is 0 Å². The highest BCUT2D eigenvalue weighted by atomic mass is 32.2. The molecule has 2 unspecified atom stereocenters. The van der Waals surface area contributed by atoms with E-state index in [9.17, 15) is 13.5 Å². The number of likely N-dealkylation sites (tertiary alicyclic amines) is 1. The number of ether oxygens (including phenoxy) is 1. The van der Waals surface area contributed by atoms with E-state index in [1.807, 2.05) is 26.8 Å². The smallest absolute Gasteiger partial charge is 0.240 e. The van der Waals surface area contributed by atoms with E-state index in [0.29, 0.717) is 18.0 Å². The minimum Gasteiger partial charge on any atom is -0.490 e. The van der Waals surface area contributed by atoms with Crippen molar-refractivity contribution in [3.8, 4) is 5.75 Å². The van der Waals surface area contributed by atoms with Gasteiger partial charge < -0.3 is 14.7 Å². The van der Waals surface area contributed by atoms with Crippen molar-refractivity contribution in [1.82, 2.24) is 9.62 Å². The molecule has 0 aromatic heterocycles. The summed E-state index contributed by atoms with van der Waals surface area (Å²) in [5.41, 5.74) is 4.38. The van der Waals surface area contributed by atoms with Gasteiger partial charge in [0.25, 0.3) is 0 Å². The average Bonchev–Trinajstić information content (AvgIpc) is 2.76. The van der Waals surface area contributed by atoms with Crippen molar-refractivity contribution >= 4 is 10.0 Å². The summed E-state index contributed by atoms with van der Waals surface area (Å²) in [7, 11) is -3.51. The molecule has 0 amide bonds. The van der Waals surface area contributed by atoms with Crippen molar-refractivity contribution < 1.29 is 18.3 Å². The average molecular weight is 461 g/mol. The third-order valence-corrected chi connectivity index (χ3v) is 7.70. The first-order valence-corrected chi connectivity index (χ1v) is 12.8. The number of rotatable bonds is 9. The topological polar surface area (TPSA) is 78.9 Å². The van der Waals surface area contributed by atoms with E-state index < -0.39 is 16.1 Å². The van der Waals surface area contributed by atoms with Gasteiger partial charge in [-0.2, -0.15) is 0 Å². The molecule has 2 atom stereocenters. The van der Waals surface area contributed by atoms with E-state index in [0.717, 1.165) is 48.4 Å². The molecule has 2 N–H and O–H groups in total. The molecule has 1 saturated heterocycles. The lowest BCUT2D eigenvalue weighted by atomic mass is 9.98. The van der Waals surface area contributed by atoms with Crippen LogP contribution in [0.4, 0.5) is 0 Å². The fraction of sp³-hybridized carbons (Fsp3) is 0.520. The normalized spacial score (nSPS) is 18.5. The Bertz CT molecular complexity index is 1010. The summed E-state index contributed by atoms with van der Waals surface area (Å²) in [6, 6.07) is 11.0. The van der Waals surface area contributed by atoms with Crippen molar-refractivity contribution in [2.75, 3.05) is 32.8 Å². The highest BCUT2D eigenvalue weighted by molar-refractivity contribution is 7.89. The van der Waals surface area contributed by atoms with Crippen LogP contribution in [-0.2, 0) is 10.0 Å². The Morgan fingerprint density at radius 2 is 1.78 bits per heavy atom. The lowest BCUT2D eigenvalue weighted by molar-refractivity contribution is 0.0520. The number of aliphatic hydroxyl groups is 1. The first-order chi connectivity index (χ1) is 15.2. The number of piperidine rings is 1. The number of benzene rings is 2. The fourth-order valence-corrected chi connectivity index (χ4v) is 5.31. The molecular weight excluding hydrogens is 424 g/mol. The first-order valence-electron chi connectivity index (χ1n) is 11.3. The third-order valence-electron chi connectivity index (χ3n) is 6.26. The Labute approximate surface area is 192 Å². The monoisotopic (exact) mass is 460 g/mol. The summed E-state index contributed by atoms with van der Waals surface area (Å²) in [5.74, 6) is 1.07. The molecule has 0 radical (unpaired) electrons. The maximum absolute atomic E-state index is 12.6. The van der Waals surface area contributed by atoms with Crippen LogP contribution >= 0.6 is 0 Å². The standard InChI is InChI=1S/C25H36N2O4S/c1-18-7-11-24(12-8-18)32(29,30)26-14-22-6-5-13-27(15-22)16-23(28)17-31-25-20(3)10-9-19(2)21(25)4/h7-12,22-23,26,28H,5-6,13-17H2,1-4H3. The zero-order valence-corrected chi connectivity index (χ0v) is 20.4. The highest BCUT2D eigenvalue weighted by Crippen LogP contribution is 2.26. The molecule has 176 valence electrons. The predicted octanol–water partition coefficient (Wildman–Crippen LogP) is 3.35. The van der Waals surface area contributed by atoms with Gasteiger partial charge in [-0.1, -0.05) is 29.8 Å². The molecular formula is C25H36N2O4S. The number of aryl methyl sites for hydroxylation is 3. The Balaban J connectivity index is 1.48. The van der Waals surface area contributed by atoms with Gasteiger partial charge in [0, 0.05) is 19.6 Å². The van der Waals surface area contributed by atoms with Gasteiger partial charge in [-0.05, 0) is 81.8 Å². The van der Waals surface area contributed by atoms with Gasteiger partial charge in [-0.3, -0.25) is 0 Å². The van der Waals surface area contributed by atoms with Gasteiger partial charge in [0.05, 0.1) is 4.90 Å². The zero-order chi connectivity index (χ0) is 23.3. The summed E-state index contributed by atoms with van der Waals surface area (Å²) in [4.78, 5) is 2.50. The van der Waals surface area contributed by atoms with Crippen LogP contribution in [0.5, 0.6) is 5.75 Å². The fourth-order valence-electron chi connectivity index (χ4n) is 4.19. The molecule has 1 aliphatic rings. The van der Waals surface area contributed by atoms with E-state index in [1.165, 1.54) is 5.56 Å². The first kappa shape index (κ1) is 24.7. The summed E-state index contributed by atoms with van der Waals surface area (Å²) in [6.45, 7) is 10.9. The van der Waals surface area contributed by atoms with Crippen molar-refractivity contribution in [2.24, 2.45) is 5.92 Å². The van der Waals surface area contributed by atoms with Gasteiger partial charge in [0.15, 0.2) is 0 Å². The Hall–Kier alpha value is -1.93. The molecule has 2 aromatic carbocycles. The third kappa shape index (κ3) is 6.54. The summed E-state index contributed by atoms with van der Waals surface area (Å²) >= 11 is 0. The molecule has 1 heterocycles. The van der Waals surface area contributed by atoms with Gasteiger partial charge >= 0.3 is 0 Å². The lowest BCUT2D eigenvalue weighted by Gasteiger charge is -2.34. The summed E-state index contributed by atoms with van der Waals surface area (Å²) in [5, 5.41) is 10.6. The molecule has 0 aliphatic carbocycles. The van der Waals surface area contributed by atoms with Crippen LogP contribution in [0.3, 0.4) is 0 Å². The lowest BCUT2D eigenvalue weighted by Crippen LogP contribution is -2.44. The second kappa shape index (κ2) is 10.8. The molecule has 0 spiro atoms. The highest BCUT2D eigenvalue weighted by Gasteiger charge is 2.24. The number of aliphatic hydroxyl groups excluding tert-OH is 1. The van der Waals surface area contributed by atoms with E-state index in [4.69, 9.17) is 4.74 Å². The minimum atomic E-state index is -3.51. The van der Waals surface area contributed by atoms with Crippen molar-refractivity contribution in [2.45, 2.75) is 51.5 Å². The molecule has 1 aliphatic heterocycles. The minimum absolute atomic E-state index is 0.221. The van der Waals surface area contributed by atoms with Crippen LogP contribution in [0.15, 0.2) is 41.3 Å². The Kier molecular flexibility index (Phi) is 8.33. The number of hydrogen-bond donors (Lipinski definition) is 2. The van der Waals surface area contributed by atoms with Crippen LogP contribution in [0.2, 0.25) is 0 Å². The quantitative estimate of drug-likeness (QED) is 0.600. The number of hydrogen-bond acceptors (Lipinski definition) is 5. The summed E-state index contributed by atoms with van der Waals surface area (Å²) < 4.78 is 33.8. The molecule has 7 heteroatoms. The number of β-amino-alcohol motifs (C(OH)–C–C–N with tert-alkyl or cyclic N) is 1. The summed E-state index contributed by atoms with van der Waals surface area (Å²) in [6.07, 6.45) is 1.36. The molecule has 3 rings (SSSR count). The van der Waals surface area contributed by atoms with Gasteiger partial charge in [0.1, 0.15) is 18.5 Å². The van der Waals surface area contributed by atoms with Crippen LogP contribution in [0.1, 0.15) is 35.1 Å². The number of sulfonamides is 1. The molecule has 32 heavy (non-hydrogen) atoms. The molecule has 6 nitrogen and oxygen atoms in total. The van der Waals surface area contributed by atoms with E-state index in [1.54, 1.807) is 24.3 Å².